The second kappa shape index (κ2) is 11.0. The molecule has 1 heterocycles. The number of nitrogens with zero attached hydrogens (tertiary/aromatic N) is 2. The summed E-state index contributed by atoms with van der Waals surface area (Å²) in [6.07, 6.45) is 1.58. The number of hydrogen-bond donors (Lipinski definition) is 0. The number of aliphatic imine (C=N–C) groups is 1. The van der Waals surface area contributed by atoms with Gasteiger partial charge in [-0.2, -0.15) is 0 Å². The molecule has 0 fully saturated rings. The molecule has 0 atom stereocenters. The first kappa shape index (κ1) is 24.9. The Morgan fingerprint density at radius 2 is 1.83 bits per heavy atom. The van der Waals surface area contributed by atoms with Crippen LogP contribution in [-0.2, 0) is 16.1 Å². The summed E-state index contributed by atoms with van der Waals surface area (Å²) < 4.78 is 18.9. The van der Waals surface area contributed by atoms with Crippen LogP contribution in [-0.4, -0.2) is 23.4 Å². The largest absolute Gasteiger partial charge is 0.490 e. The summed E-state index contributed by atoms with van der Waals surface area (Å²) in [6.45, 7) is 2.67. The minimum Gasteiger partial charge on any atom is -0.490 e. The maximum absolute atomic E-state index is 12.4. The molecule has 0 saturated carbocycles. The van der Waals surface area contributed by atoms with Gasteiger partial charge >= 0.3 is 5.97 Å². The fourth-order valence-corrected chi connectivity index (χ4v) is 4.16. The number of esters is 1. The van der Waals surface area contributed by atoms with Crippen molar-refractivity contribution in [2.75, 3.05) is 6.61 Å². The number of benzene rings is 3. The van der Waals surface area contributed by atoms with Crippen molar-refractivity contribution in [3.8, 4) is 11.5 Å². The zero-order chi connectivity index (χ0) is 24.9. The van der Waals surface area contributed by atoms with E-state index in [4.69, 9.17) is 14.2 Å². The Labute approximate surface area is 223 Å². The van der Waals surface area contributed by atoms with Gasteiger partial charge in [0.1, 0.15) is 6.61 Å². The van der Waals surface area contributed by atoms with Crippen LogP contribution in [0.15, 0.2) is 75.8 Å². The van der Waals surface area contributed by atoms with Gasteiger partial charge in [-0.1, -0.05) is 12.1 Å². The minimum absolute atomic E-state index is 0.0629. The van der Waals surface area contributed by atoms with Gasteiger partial charge in [-0.3, -0.25) is 10.1 Å². The number of carbonyl (C=O) groups is 1. The summed E-state index contributed by atoms with van der Waals surface area (Å²) in [5.41, 5.74) is 2.17. The van der Waals surface area contributed by atoms with Crippen molar-refractivity contribution in [2.45, 2.75) is 13.5 Å². The summed E-state index contributed by atoms with van der Waals surface area (Å²) >= 11 is 5.79. The molecule has 4 rings (SSSR count). The van der Waals surface area contributed by atoms with E-state index in [0.717, 1.165) is 9.13 Å². The lowest BCUT2D eigenvalue weighted by Gasteiger charge is -2.15. The van der Waals surface area contributed by atoms with Crippen molar-refractivity contribution >= 4 is 62.2 Å². The van der Waals surface area contributed by atoms with E-state index in [2.05, 4.69) is 43.5 Å². The average Bonchev–Trinajstić information content (AvgIpc) is 3.20. The van der Waals surface area contributed by atoms with E-state index < -0.39 is 10.9 Å². The van der Waals surface area contributed by atoms with Crippen LogP contribution in [0.3, 0.4) is 0 Å². The molecule has 3 aromatic rings. The molecular formula is C25H18BrIN2O6. The maximum atomic E-state index is 12.4. The van der Waals surface area contributed by atoms with E-state index in [1.54, 1.807) is 18.2 Å². The molecule has 0 unspecified atom stereocenters. The Hall–Kier alpha value is -3.25. The van der Waals surface area contributed by atoms with Gasteiger partial charge in [-0.25, -0.2) is 9.79 Å². The van der Waals surface area contributed by atoms with E-state index in [0.29, 0.717) is 40.3 Å². The van der Waals surface area contributed by atoms with Crippen molar-refractivity contribution in [3.63, 3.8) is 0 Å². The van der Waals surface area contributed by atoms with Crippen LogP contribution in [0, 0.1) is 13.7 Å². The lowest BCUT2D eigenvalue weighted by atomic mass is 10.1. The molecule has 0 N–H and O–H groups in total. The van der Waals surface area contributed by atoms with E-state index in [9.17, 15) is 14.9 Å². The van der Waals surface area contributed by atoms with Crippen LogP contribution in [0.25, 0.3) is 6.08 Å². The highest BCUT2D eigenvalue weighted by Crippen LogP contribution is 2.38. The monoisotopic (exact) mass is 648 g/mol. The first-order chi connectivity index (χ1) is 16.8. The van der Waals surface area contributed by atoms with Crippen LogP contribution < -0.4 is 9.47 Å². The predicted molar refractivity (Wildman–Crippen MR) is 143 cm³/mol. The molecule has 10 heteroatoms. The highest BCUT2D eigenvalue weighted by atomic mass is 127. The van der Waals surface area contributed by atoms with E-state index in [1.165, 1.54) is 24.3 Å². The Morgan fingerprint density at radius 1 is 1.11 bits per heavy atom. The number of ether oxygens (including phenoxy) is 3. The second-order valence-electron chi connectivity index (χ2n) is 7.32. The number of cyclic esters (lactones) is 1. The van der Waals surface area contributed by atoms with Gasteiger partial charge in [0.05, 0.1) is 16.0 Å². The highest BCUT2D eigenvalue weighted by molar-refractivity contribution is 14.1. The minimum atomic E-state index is -0.619. The van der Waals surface area contributed by atoms with E-state index in [-0.39, 0.29) is 17.3 Å². The number of hydrogen-bond acceptors (Lipinski definition) is 7. The lowest BCUT2D eigenvalue weighted by molar-refractivity contribution is -0.384. The molecule has 1 aliphatic rings. The quantitative estimate of drug-likeness (QED) is 0.0937. The summed E-state index contributed by atoms with van der Waals surface area (Å²) in [5.74, 6) is 0.533. The molecule has 0 spiro atoms. The summed E-state index contributed by atoms with van der Waals surface area (Å²) in [4.78, 5) is 27.0. The first-order valence-corrected chi connectivity index (χ1v) is 12.3. The molecule has 0 saturated heterocycles. The van der Waals surface area contributed by atoms with E-state index in [1.807, 2.05) is 31.2 Å². The number of rotatable bonds is 8. The third-order valence-electron chi connectivity index (χ3n) is 4.88. The fraction of sp³-hybridized carbons (Fsp3) is 0.120. The third-order valence-corrected chi connectivity index (χ3v) is 6.19. The standard InChI is InChI=1S/C25H18BrIN2O6/c1-2-33-22-13-16(11-20(26)23(22)34-14-15-3-7-18(27)8-4-15)12-21-25(30)35-24(28-21)17-5-9-19(10-6-17)29(31)32/h3-13H,2,14H2,1H3/b21-12-. The molecule has 0 bridgehead atoms. The SMILES string of the molecule is CCOc1cc(/C=C2\N=C(c3ccc([N+](=O)[O-])cc3)OC2=O)cc(Br)c1OCc1ccc(I)cc1. The molecule has 35 heavy (non-hydrogen) atoms. The predicted octanol–water partition coefficient (Wildman–Crippen LogP) is 6.28. The van der Waals surface area contributed by atoms with Gasteiger partial charge in [0.25, 0.3) is 5.69 Å². The van der Waals surface area contributed by atoms with Crippen LogP contribution in [0.2, 0.25) is 0 Å². The van der Waals surface area contributed by atoms with Gasteiger partial charge in [0.15, 0.2) is 17.2 Å². The van der Waals surface area contributed by atoms with Crippen LogP contribution >= 0.6 is 38.5 Å². The number of carbonyl (C=O) groups excluding carboxylic acids is 1. The molecule has 3 aromatic carbocycles. The molecule has 8 nitrogen and oxygen atoms in total. The number of nitro benzene ring substituents is 1. The number of nitro groups is 1. The zero-order valence-electron chi connectivity index (χ0n) is 18.4. The van der Waals surface area contributed by atoms with Crippen molar-refractivity contribution in [1.29, 1.82) is 0 Å². The number of halogens is 2. The van der Waals surface area contributed by atoms with Crippen LogP contribution in [0.5, 0.6) is 11.5 Å². The highest BCUT2D eigenvalue weighted by Gasteiger charge is 2.25. The van der Waals surface area contributed by atoms with Crippen LogP contribution in [0.1, 0.15) is 23.6 Å². The first-order valence-electron chi connectivity index (χ1n) is 10.4. The molecule has 0 aliphatic carbocycles. The summed E-state index contributed by atoms with van der Waals surface area (Å²) in [7, 11) is 0. The Kier molecular flexibility index (Phi) is 7.81. The maximum Gasteiger partial charge on any atom is 0.363 e. The second-order valence-corrected chi connectivity index (χ2v) is 9.42. The third kappa shape index (κ3) is 6.06. The zero-order valence-corrected chi connectivity index (χ0v) is 22.1. The average molecular weight is 649 g/mol. The van der Waals surface area contributed by atoms with Crippen molar-refractivity contribution < 1.29 is 23.9 Å². The molecule has 0 radical (unpaired) electrons. The Bertz CT molecular complexity index is 1340. The fourth-order valence-electron chi connectivity index (χ4n) is 3.23. The van der Waals surface area contributed by atoms with Gasteiger partial charge in [-0.15, -0.1) is 0 Å². The van der Waals surface area contributed by atoms with E-state index >= 15 is 0 Å². The van der Waals surface area contributed by atoms with Gasteiger partial charge in [0, 0.05) is 21.3 Å². The topological polar surface area (TPSA) is 100 Å². The number of non-ortho nitro benzene ring substituents is 1. The molecule has 0 aromatic heterocycles. The smallest absolute Gasteiger partial charge is 0.363 e. The van der Waals surface area contributed by atoms with Gasteiger partial charge in [0.2, 0.25) is 5.90 Å². The Morgan fingerprint density at radius 3 is 2.49 bits per heavy atom. The summed E-state index contributed by atoms with van der Waals surface area (Å²) in [5, 5.41) is 10.8. The van der Waals surface area contributed by atoms with Crippen molar-refractivity contribution in [3.05, 3.63) is 101 Å². The molecule has 178 valence electrons. The molecule has 0 amide bonds. The molecule has 1 aliphatic heterocycles. The van der Waals surface area contributed by atoms with Gasteiger partial charge in [-0.05, 0) is 99.0 Å². The van der Waals surface area contributed by atoms with Crippen molar-refractivity contribution in [2.24, 2.45) is 4.99 Å². The normalized spacial score (nSPS) is 14.0. The summed E-state index contributed by atoms with van der Waals surface area (Å²) in [6, 6.07) is 17.2. The lowest BCUT2D eigenvalue weighted by Crippen LogP contribution is -2.05. The Balaban J connectivity index is 1.59. The van der Waals surface area contributed by atoms with Crippen molar-refractivity contribution in [1.82, 2.24) is 0 Å². The molecular weight excluding hydrogens is 631 g/mol. The van der Waals surface area contributed by atoms with Gasteiger partial charge < -0.3 is 14.2 Å². The van der Waals surface area contributed by atoms with Crippen LogP contribution in [0.4, 0.5) is 5.69 Å².